The van der Waals surface area contributed by atoms with Crippen LogP contribution in [0, 0.1) is 11.3 Å². The van der Waals surface area contributed by atoms with Gasteiger partial charge in [-0.2, -0.15) is 0 Å². The molecule has 0 radical (unpaired) electrons. The second-order valence-electron chi connectivity index (χ2n) is 4.06. The zero-order chi connectivity index (χ0) is 8.32. The Morgan fingerprint density at radius 3 is 2.73 bits per heavy atom. The van der Waals surface area contributed by atoms with Crippen LogP contribution >= 0.6 is 0 Å². The molecule has 0 spiro atoms. The Bertz CT molecular complexity index is 121. The van der Waals surface area contributed by atoms with Crippen LogP contribution in [0.1, 0.15) is 32.6 Å². The predicted octanol–water partition coefficient (Wildman–Crippen LogP) is 1.13. The fourth-order valence-corrected chi connectivity index (χ4v) is 2.16. The first-order valence-electron chi connectivity index (χ1n) is 4.53. The maximum atomic E-state index is 9.18. The second-order valence-corrected chi connectivity index (χ2v) is 4.06. The maximum Gasteiger partial charge on any atom is 0.0499 e. The minimum absolute atomic E-state index is 0.0671. The first-order chi connectivity index (χ1) is 5.22. The van der Waals surface area contributed by atoms with Crippen molar-refractivity contribution in [2.24, 2.45) is 17.1 Å². The van der Waals surface area contributed by atoms with Gasteiger partial charge in [0.25, 0.3) is 0 Å². The summed E-state index contributed by atoms with van der Waals surface area (Å²) in [5, 5.41) is 9.18. The monoisotopic (exact) mass is 157 g/mol. The molecule has 2 atom stereocenters. The van der Waals surface area contributed by atoms with Crippen LogP contribution in [0.3, 0.4) is 0 Å². The minimum Gasteiger partial charge on any atom is -0.396 e. The van der Waals surface area contributed by atoms with E-state index in [1.54, 1.807) is 0 Å². The summed E-state index contributed by atoms with van der Waals surface area (Å²) in [6.07, 6.45) is 4.77. The first kappa shape index (κ1) is 9.01. The molecule has 0 aromatic rings. The Morgan fingerprint density at radius 1 is 1.64 bits per heavy atom. The molecule has 1 aliphatic carbocycles. The molecule has 0 heterocycles. The van der Waals surface area contributed by atoms with Crippen molar-refractivity contribution in [3.8, 4) is 0 Å². The van der Waals surface area contributed by atoms with Crippen LogP contribution in [0.2, 0.25) is 0 Å². The molecule has 2 unspecified atom stereocenters. The summed E-state index contributed by atoms with van der Waals surface area (Å²) < 4.78 is 0. The highest BCUT2D eigenvalue weighted by atomic mass is 16.3. The van der Waals surface area contributed by atoms with Crippen molar-refractivity contribution in [2.75, 3.05) is 13.2 Å². The molecule has 11 heavy (non-hydrogen) atoms. The van der Waals surface area contributed by atoms with Crippen LogP contribution in [0.15, 0.2) is 0 Å². The number of rotatable bonds is 2. The molecule has 3 N–H and O–H groups in total. The third-order valence-corrected chi connectivity index (χ3v) is 2.95. The Morgan fingerprint density at radius 2 is 2.36 bits per heavy atom. The van der Waals surface area contributed by atoms with E-state index >= 15 is 0 Å². The molecule has 1 fully saturated rings. The molecular weight excluding hydrogens is 138 g/mol. The van der Waals surface area contributed by atoms with Crippen molar-refractivity contribution in [1.82, 2.24) is 0 Å². The fourth-order valence-electron chi connectivity index (χ4n) is 2.16. The molecule has 1 saturated carbocycles. The van der Waals surface area contributed by atoms with Gasteiger partial charge in [0.15, 0.2) is 0 Å². The summed E-state index contributed by atoms with van der Waals surface area (Å²) in [6.45, 7) is 3.17. The lowest BCUT2D eigenvalue weighted by Gasteiger charge is -2.37. The molecule has 0 aliphatic heterocycles. The fraction of sp³-hybridized carbons (Fsp3) is 1.00. The van der Waals surface area contributed by atoms with Gasteiger partial charge in [0.05, 0.1) is 0 Å². The zero-order valence-corrected chi connectivity index (χ0v) is 7.34. The molecule has 66 valence electrons. The van der Waals surface area contributed by atoms with Gasteiger partial charge in [0.2, 0.25) is 0 Å². The average molecular weight is 157 g/mol. The van der Waals surface area contributed by atoms with Crippen LogP contribution in [0.5, 0.6) is 0 Å². The number of aliphatic hydroxyl groups excluding tert-OH is 1. The highest BCUT2D eigenvalue weighted by Gasteiger charge is 2.32. The molecule has 2 nitrogen and oxygen atoms in total. The van der Waals surface area contributed by atoms with Crippen molar-refractivity contribution in [1.29, 1.82) is 0 Å². The molecule has 0 amide bonds. The smallest absolute Gasteiger partial charge is 0.0499 e. The van der Waals surface area contributed by atoms with Gasteiger partial charge in [0.1, 0.15) is 0 Å². The third-order valence-electron chi connectivity index (χ3n) is 2.95. The van der Waals surface area contributed by atoms with E-state index in [1.807, 2.05) is 0 Å². The van der Waals surface area contributed by atoms with E-state index in [0.29, 0.717) is 6.54 Å². The van der Waals surface area contributed by atoms with E-state index in [0.717, 1.165) is 18.8 Å². The topological polar surface area (TPSA) is 46.2 Å². The highest BCUT2D eigenvalue weighted by molar-refractivity contribution is 4.85. The minimum atomic E-state index is 0.0671. The number of hydrogen-bond donors (Lipinski definition) is 2. The highest BCUT2D eigenvalue weighted by Crippen LogP contribution is 2.37. The standard InChI is InChI=1S/C9H19NO/c1-8-3-2-4-9(5-8,6-10)7-11/h8,11H,2-7,10H2,1H3. The van der Waals surface area contributed by atoms with E-state index in [-0.39, 0.29) is 12.0 Å². The van der Waals surface area contributed by atoms with Crippen LogP contribution in [0.25, 0.3) is 0 Å². The Kier molecular flexibility index (Phi) is 2.90. The third kappa shape index (κ3) is 1.94. The van der Waals surface area contributed by atoms with E-state index < -0.39 is 0 Å². The number of aliphatic hydroxyl groups is 1. The van der Waals surface area contributed by atoms with Crippen LogP contribution < -0.4 is 5.73 Å². The molecule has 0 saturated heterocycles. The number of nitrogens with two attached hydrogens (primary N) is 1. The van der Waals surface area contributed by atoms with Crippen molar-refractivity contribution in [2.45, 2.75) is 32.6 Å². The first-order valence-corrected chi connectivity index (χ1v) is 4.53. The van der Waals surface area contributed by atoms with Gasteiger partial charge in [-0.3, -0.25) is 0 Å². The van der Waals surface area contributed by atoms with Gasteiger partial charge in [0, 0.05) is 18.6 Å². The van der Waals surface area contributed by atoms with Gasteiger partial charge in [-0.15, -0.1) is 0 Å². The summed E-state index contributed by atoms with van der Waals surface area (Å²) in [5.74, 6) is 0.749. The molecular formula is C9H19NO. The van der Waals surface area contributed by atoms with Crippen LogP contribution in [0.4, 0.5) is 0 Å². The summed E-state index contributed by atoms with van der Waals surface area (Å²) >= 11 is 0. The van der Waals surface area contributed by atoms with E-state index in [1.165, 1.54) is 12.8 Å². The van der Waals surface area contributed by atoms with Gasteiger partial charge in [-0.05, 0) is 18.8 Å². The van der Waals surface area contributed by atoms with Gasteiger partial charge < -0.3 is 10.8 Å². The van der Waals surface area contributed by atoms with Crippen LogP contribution in [-0.2, 0) is 0 Å². The predicted molar refractivity (Wildman–Crippen MR) is 46.2 cm³/mol. The average Bonchev–Trinajstić information content (AvgIpc) is 2.04. The van der Waals surface area contributed by atoms with Gasteiger partial charge in [-0.25, -0.2) is 0 Å². The molecule has 0 aromatic heterocycles. The van der Waals surface area contributed by atoms with Gasteiger partial charge >= 0.3 is 0 Å². The lowest BCUT2D eigenvalue weighted by Crippen LogP contribution is -2.38. The van der Waals surface area contributed by atoms with E-state index in [2.05, 4.69) is 6.92 Å². The summed E-state index contributed by atoms with van der Waals surface area (Å²) in [7, 11) is 0. The molecule has 2 heteroatoms. The lowest BCUT2D eigenvalue weighted by molar-refractivity contribution is 0.0686. The summed E-state index contributed by atoms with van der Waals surface area (Å²) in [5.41, 5.74) is 5.72. The SMILES string of the molecule is CC1CCCC(CN)(CO)C1. The van der Waals surface area contributed by atoms with Crippen LogP contribution in [-0.4, -0.2) is 18.3 Å². The zero-order valence-electron chi connectivity index (χ0n) is 7.34. The Labute approximate surface area is 68.8 Å². The van der Waals surface area contributed by atoms with Gasteiger partial charge in [-0.1, -0.05) is 19.8 Å². The van der Waals surface area contributed by atoms with Crippen molar-refractivity contribution in [3.05, 3.63) is 0 Å². The Hall–Kier alpha value is -0.0800. The number of hydrogen-bond acceptors (Lipinski definition) is 2. The lowest BCUT2D eigenvalue weighted by atomic mass is 9.71. The van der Waals surface area contributed by atoms with E-state index in [4.69, 9.17) is 5.73 Å². The largest absolute Gasteiger partial charge is 0.396 e. The quantitative estimate of drug-likeness (QED) is 0.631. The molecule has 1 rings (SSSR count). The Balaban J connectivity index is 2.52. The molecule has 0 aromatic carbocycles. The second kappa shape index (κ2) is 3.55. The maximum absolute atomic E-state index is 9.18. The van der Waals surface area contributed by atoms with Crippen molar-refractivity contribution < 1.29 is 5.11 Å². The summed E-state index contributed by atoms with van der Waals surface area (Å²) in [4.78, 5) is 0. The normalized spacial score (nSPS) is 39.0. The van der Waals surface area contributed by atoms with Crippen molar-refractivity contribution >= 4 is 0 Å². The molecule has 0 bridgehead atoms. The summed E-state index contributed by atoms with van der Waals surface area (Å²) in [6, 6.07) is 0. The molecule has 1 aliphatic rings. The van der Waals surface area contributed by atoms with Crippen molar-refractivity contribution in [3.63, 3.8) is 0 Å². The van der Waals surface area contributed by atoms with E-state index in [9.17, 15) is 5.11 Å².